The van der Waals surface area contributed by atoms with Gasteiger partial charge in [-0.1, -0.05) is 23.7 Å². The second-order valence-electron chi connectivity index (χ2n) is 4.02. The van der Waals surface area contributed by atoms with Crippen molar-refractivity contribution in [3.8, 4) is 5.88 Å². The van der Waals surface area contributed by atoms with Gasteiger partial charge >= 0.3 is 5.97 Å². The standard InChI is InChI=1S/C13H9ClN2O5/c14-9-3-1-8(2-4-9)7-21-12-11(13(17)18)5-10(6-15-12)16(19)20/h1-6H,7H2,(H,17,18). The smallest absolute Gasteiger partial charge is 0.341 e. The van der Waals surface area contributed by atoms with Crippen molar-refractivity contribution in [1.29, 1.82) is 0 Å². The van der Waals surface area contributed by atoms with Gasteiger partial charge in [0.2, 0.25) is 5.88 Å². The van der Waals surface area contributed by atoms with E-state index in [9.17, 15) is 14.9 Å². The molecule has 1 aromatic carbocycles. The Kier molecular flexibility index (Phi) is 4.34. The van der Waals surface area contributed by atoms with Crippen LogP contribution in [0.3, 0.4) is 0 Å². The van der Waals surface area contributed by atoms with Gasteiger partial charge in [-0.15, -0.1) is 0 Å². The molecule has 0 spiro atoms. The topological polar surface area (TPSA) is 103 Å². The molecular weight excluding hydrogens is 300 g/mol. The van der Waals surface area contributed by atoms with Crippen LogP contribution < -0.4 is 4.74 Å². The van der Waals surface area contributed by atoms with Crippen LogP contribution in [0.2, 0.25) is 5.02 Å². The summed E-state index contributed by atoms with van der Waals surface area (Å²) in [5.74, 6) is -1.53. The molecule has 0 fully saturated rings. The molecule has 1 heterocycles. The van der Waals surface area contributed by atoms with Gasteiger partial charge in [0.1, 0.15) is 18.4 Å². The van der Waals surface area contributed by atoms with E-state index in [0.717, 1.165) is 17.8 Å². The number of ether oxygens (including phenoxy) is 1. The van der Waals surface area contributed by atoms with Crippen molar-refractivity contribution in [2.45, 2.75) is 6.61 Å². The number of aromatic carboxylic acids is 1. The number of carboxylic acid groups (broad SMARTS) is 1. The predicted molar refractivity (Wildman–Crippen MR) is 73.6 cm³/mol. The molecule has 0 aliphatic carbocycles. The number of rotatable bonds is 5. The molecule has 21 heavy (non-hydrogen) atoms. The highest BCUT2D eigenvalue weighted by Gasteiger charge is 2.18. The van der Waals surface area contributed by atoms with Crippen LogP contribution in [0.5, 0.6) is 5.88 Å². The van der Waals surface area contributed by atoms with Gasteiger partial charge < -0.3 is 9.84 Å². The van der Waals surface area contributed by atoms with Crippen LogP contribution in [0, 0.1) is 10.1 Å². The van der Waals surface area contributed by atoms with Crippen LogP contribution in [0.25, 0.3) is 0 Å². The summed E-state index contributed by atoms with van der Waals surface area (Å²) in [5.41, 5.74) is -0.0136. The summed E-state index contributed by atoms with van der Waals surface area (Å²) in [5, 5.41) is 20.2. The van der Waals surface area contributed by atoms with E-state index in [-0.39, 0.29) is 18.1 Å². The molecule has 108 valence electrons. The third-order valence-corrected chi connectivity index (χ3v) is 2.82. The van der Waals surface area contributed by atoms with Crippen LogP contribution >= 0.6 is 11.6 Å². The largest absolute Gasteiger partial charge is 0.477 e. The number of carboxylic acids is 1. The molecule has 7 nitrogen and oxygen atoms in total. The average Bonchev–Trinajstić information content (AvgIpc) is 2.46. The normalized spacial score (nSPS) is 10.1. The van der Waals surface area contributed by atoms with Gasteiger partial charge in [-0.05, 0) is 17.7 Å². The summed E-state index contributed by atoms with van der Waals surface area (Å²) in [6.07, 6.45) is 0.948. The maximum atomic E-state index is 11.1. The predicted octanol–water partition coefficient (Wildman–Crippen LogP) is 2.92. The average molecular weight is 309 g/mol. The van der Waals surface area contributed by atoms with Gasteiger partial charge in [-0.3, -0.25) is 10.1 Å². The molecule has 0 atom stereocenters. The van der Waals surface area contributed by atoms with Gasteiger partial charge in [0, 0.05) is 11.1 Å². The third-order valence-electron chi connectivity index (χ3n) is 2.57. The molecule has 0 saturated carbocycles. The molecule has 0 amide bonds. The SMILES string of the molecule is O=C(O)c1cc([N+](=O)[O-])cnc1OCc1ccc(Cl)cc1. The Morgan fingerprint density at radius 2 is 2.05 bits per heavy atom. The lowest BCUT2D eigenvalue weighted by molar-refractivity contribution is -0.385. The summed E-state index contributed by atoms with van der Waals surface area (Å²) in [6, 6.07) is 7.68. The van der Waals surface area contributed by atoms with Crippen molar-refractivity contribution in [2.75, 3.05) is 0 Å². The molecule has 0 aliphatic heterocycles. The molecule has 0 saturated heterocycles. The minimum Gasteiger partial charge on any atom is -0.477 e. The Morgan fingerprint density at radius 1 is 1.38 bits per heavy atom. The number of hydrogen-bond donors (Lipinski definition) is 1. The lowest BCUT2D eigenvalue weighted by Crippen LogP contribution is -2.06. The second kappa shape index (κ2) is 6.19. The van der Waals surface area contributed by atoms with Crippen LogP contribution in [-0.2, 0) is 6.61 Å². The number of hydrogen-bond acceptors (Lipinski definition) is 5. The Bertz CT molecular complexity index is 687. The zero-order valence-corrected chi connectivity index (χ0v) is 11.3. The molecule has 0 bridgehead atoms. The number of aromatic nitrogens is 1. The van der Waals surface area contributed by atoms with Crippen molar-refractivity contribution >= 4 is 23.3 Å². The summed E-state index contributed by atoms with van der Waals surface area (Å²) in [4.78, 5) is 24.7. The first-order chi connectivity index (χ1) is 9.97. The van der Waals surface area contributed by atoms with Crippen molar-refractivity contribution in [3.63, 3.8) is 0 Å². The summed E-state index contributed by atoms with van der Waals surface area (Å²) < 4.78 is 5.30. The highest BCUT2D eigenvalue weighted by molar-refractivity contribution is 6.30. The molecule has 2 aromatic rings. The van der Waals surface area contributed by atoms with Gasteiger partial charge in [0.25, 0.3) is 5.69 Å². The summed E-state index contributed by atoms with van der Waals surface area (Å²) in [6.45, 7) is 0.0717. The second-order valence-corrected chi connectivity index (χ2v) is 4.46. The van der Waals surface area contributed by atoms with Gasteiger partial charge in [-0.2, -0.15) is 0 Å². The van der Waals surface area contributed by atoms with E-state index in [2.05, 4.69) is 4.98 Å². The third kappa shape index (κ3) is 3.67. The van der Waals surface area contributed by atoms with E-state index >= 15 is 0 Å². The number of benzene rings is 1. The van der Waals surface area contributed by atoms with E-state index in [1.165, 1.54) is 0 Å². The monoisotopic (exact) mass is 308 g/mol. The Hall–Kier alpha value is -2.67. The van der Waals surface area contributed by atoms with E-state index in [1.807, 2.05) is 0 Å². The zero-order valence-electron chi connectivity index (χ0n) is 10.5. The maximum absolute atomic E-state index is 11.1. The fraction of sp³-hybridized carbons (Fsp3) is 0.0769. The molecule has 0 aliphatic rings. The summed E-state index contributed by atoms with van der Waals surface area (Å²) in [7, 11) is 0. The maximum Gasteiger partial charge on any atom is 0.341 e. The minimum absolute atomic E-state index is 0.0717. The van der Waals surface area contributed by atoms with Crippen LogP contribution in [0.15, 0.2) is 36.5 Å². The lowest BCUT2D eigenvalue weighted by atomic mass is 10.2. The molecule has 1 N–H and O–H groups in total. The lowest BCUT2D eigenvalue weighted by Gasteiger charge is -2.08. The van der Waals surface area contributed by atoms with Gasteiger partial charge in [0.15, 0.2) is 0 Å². The first-order valence-electron chi connectivity index (χ1n) is 5.72. The van der Waals surface area contributed by atoms with E-state index in [4.69, 9.17) is 21.4 Å². The molecule has 2 rings (SSSR count). The Balaban J connectivity index is 2.21. The number of pyridine rings is 1. The molecule has 0 unspecified atom stereocenters. The highest BCUT2D eigenvalue weighted by Crippen LogP contribution is 2.22. The van der Waals surface area contributed by atoms with Crippen molar-refractivity contribution in [2.24, 2.45) is 0 Å². The summed E-state index contributed by atoms with van der Waals surface area (Å²) >= 11 is 5.75. The van der Waals surface area contributed by atoms with Crippen LogP contribution in [0.4, 0.5) is 5.69 Å². The van der Waals surface area contributed by atoms with Gasteiger partial charge in [-0.25, -0.2) is 9.78 Å². The fourth-order valence-electron chi connectivity index (χ4n) is 1.54. The Morgan fingerprint density at radius 3 is 2.62 bits per heavy atom. The quantitative estimate of drug-likeness (QED) is 0.673. The molecule has 1 aromatic heterocycles. The zero-order chi connectivity index (χ0) is 15.4. The Labute approximate surface area is 123 Å². The molecule has 0 radical (unpaired) electrons. The molecule has 8 heteroatoms. The van der Waals surface area contributed by atoms with Crippen molar-refractivity contribution in [1.82, 2.24) is 4.98 Å². The first kappa shape index (κ1) is 14.7. The fourth-order valence-corrected chi connectivity index (χ4v) is 1.67. The number of nitro groups is 1. The van der Waals surface area contributed by atoms with Crippen molar-refractivity contribution in [3.05, 3.63) is 62.8 Å². The van der Waals surface area contributed by atoms with Crippen LogP contribution in [-0.4, -0.2) is 21.0 Å². The van der Waals surface area contributed by atoms with Crippen molar-refractivity contribution < 1.29 is 19.6 Å². The highest BCUT2D eigenvalue weighted by atomic mass is 35.5. The van der Waals surface area contributed by atoms with E-state index < -0.39 is 16.6 Å². The van der Waals surface area contributed by atoms with E-state index in [1.54, 1.807) is 24.3 Å². The number of carbonyl (C=O) groups is 1. The van der Waals surface area contributed by atoms with Crippen LogP contribution in [0.1, 0.15) is 15.9 Å². The number of halogens is 1. The minimum atomic E-state index is -1.35. The van der Waals surface area contributed by atoms with E-state index in [0.29, 0.717) is 5.02 Å². The van der Waals surface area contributed by atoms with Gasteiger partial charge in [0.05, 0.1) is 4.92 Å². The first-order valence-corrected chi connectivity index (χ1v) is 6.10. The number of nitrogens with zero attached hydrogens (tertiary/aromatic N) is 2. The molecular formula is C13H9ClN2O5.